The molecule has 0 spiro atoms. The average Bonchev–Trinajstić information content (AvgIpc) is 2.83. The maximum Gasteiger partial charge on any atom is 0.446 e. The van der Waals surface area contributed by atoms with Gasteiger partial charge in [0.05, 0.1) is 5.56 Å². The van der Waals surface area contributed by atoms with Gasteiger partial charge < -0.3 is 15.2 Å². The molecule has 184 valence electrons. The number of thioether (sulfide) groups is 2. The Morgan fingerprint density at radius 2 is 1.71 bits per heavy atom. The molecule has 0 aliphatic carbocycles. The van der Waals surface area contributed by atoms with Crippen LogP contribution in [0.2, 0.25) is 0 Å². The zero-order valence-corrected chi connectivity index (χ0v) is 20.1. The maximum absolute atomic E-state index is 13.3. The van der Waals surface area contributed by atoms with E-state index in [4.69, 9.17) is 4.74 Å². The largest absolute Gasteiger partial charge is 0.487 e. The first-order valence-corrected chi connectivity index (χ1v) is 12.8. The first-order valence-electron chi connectivity index (χ1n) is 10.8. The van der Waals surface area contributed by atoms with Gasteiger partial charge in [0.25, 0.3) is 5.91 Å². The van der Waals surface area contributed by atoms with E-state index >= 15 is 0 Å². The zero-order chi connectivity index (χ0) is 25.1. The molecule has 2 N–H and O–H groups in total. The van der Waals surface area contributed by atoms with E-state index in [-0.39, 0.29) is 28.8 Å². The Hall–Kier alpha value is -2.85. The average molecular weight is 522 g/mol. The van der Waals surface area contributed by atoms with Gasteiger partial charge in [-0.25, -0.2) is 4.79 Å². The summed E-state index contributed by atoms with van der Waals surface area (Å²) in [4.78, 5) is 25.4. The number of carboxylic acids is 1. The molecule has 3 aromatic rings. The number of hydrogen-bond acceptors (Lipinski definition) is 5. The van der Waals surface area contributed by atoms with Crippen LogP contribution in [0, 0.1) is 0 Å². The molecule has 1 amide bonds. The fourth-order valence-corrected chi connectivity index (χ4v) is 5.65. The summed E-state index contributed by atoms with van der Waals surface area (Å²) in [5, 5.41) is 14.1. The summed E-state index contributed by atoms with van der Waals surface area (Å²) in [5.41, 5.74) is -4.88. The number of benzene rings is 3. The third-order valence-electron chi connectivity index (χ3n) is 5.77. The van der Waals surface area contributed by atoms with Crippen LogP contribution in [-0.4, -0.2) is 39.5 Å². The summed E-state index contributed by atoms with van der Waals surface area (Å²) in [7, 11) is 0. The first-order chi connectivity index (χ1) is 16.7. The molecule has 1 fully saturated rings. The summed E-state index contributed by atoms with van der Waals surface area (Å²) in [6, 6.07) is 16.5. The molecular weight excluding hydrogens is 499 g/mol. The number of carbonyl (C=O) groups excluding carboxylic acids is 1. The Morgan fingerprint density at radius 1 is 1.03 bits per heavy atom. The Morgan fingerprint density at radius 3 is 2.37 bits per heavy atom. The number of carbonyl (C=O) groups is 2. The van der Waals surface area contributed by atoms with Crippen molar-refractivity contribution in [2.24, 2.45) is 0 Å². The van der Waals surface area contributed by atoms with E-state index in [1.807, 2.05) is 12.1 Å². The second-order valence-corrected chi connectivity index (χ2v) is 10.5. The molecular formula is C25H22F3NO4S2. The minimum absolute atomic E-state index is 0.0198. The predicted octanol–water partition coefficient (Wildman–Crippen LogP) is 6.11. The highest BCUT2D eigenvalue weighted by molar-refractivity contribution is 8.00. The number of carboxylic acid groups (broad SMARTS) is 1. The number of aliphatic carboxylic acids is 1. The number of rotatable bonds is 7. The molecule has 0 radical (unpaired) electrons. The van der Waals surface area contributed by atoms with Gasteiger partial charge in [0.2, 0.25) is 0 Å². The first kappa shape index (κ1) is 25.2. The highest BCUT2D eigenvalue weighted by Gasteiger charge is 2.42. The third kappa shape index (κ3) is 6.05. The molecule has 0 aromatic heterocycles. The van der Waals surface area contributed by atoms with Gasteiger partial charge in [-0.3, -0.25) is 4.79 Å². The molecule has 1 aliphatic rings. The quantitative estimate of drug-likeness (QED) is 0.366. The second-order valence-electron chi connectivity index (χ2n) is 8.10. The lowest BCUT2D eigenvalue weighted by molar-refractivity contribution is -0.144. The van der Waals surface area contributed by atoms with Crippen LogP contribution in [-0.2, 0) is 11.4 Å². The van der Waals surface area contributed by atoms with Crippen molar-refractivity contribution < 1.29 is 32.6 Å². The summed E-state index contributed by atoms with van der Waals surface area (Å²) >= 11 is 1.46. The Bertz CT molecular complexity index is 1230. The minimum Gasteiger partial charge on any atom is -0.487 e. The molecule has 5 nitrogen and oxygen atoms in total. The molecule has 4 rings (SSSR count). The summed E-state index contributed by atoms with van der Waals surface area (Å²) in [6.07, 6.45) is 0.648. The molecule has 1 heterocycles. The standard InChI is InChI=1S/C25H22F3NO4S2/c26-25(27,28)35-18-8-5-16(6-9-18)15-33-21-19-4-2-1-3-17(19)7-10-20(21)22(30)29-24(23(31)32)11-13-34-14-12-24/h1-10H,11-15H2,(H,29,30)(H,31,32). The Kier molecular flexibility index (Phi) is 7.51. The zero-order valence-electron chi connectivity index (χ0n) is 18.4. The van der Waals surface area contributed by atoms with Gasteiger partial charge in [0.15, 0.2) is 0 Å². The number of alkyl halides is 3. The van der Waals surface area contributed by atoms with E-state index < -0.39 is 22.9 Å². The van der Waals surface area contributed by atoms with E-state index in [0.717, 1.165) is 5.39 Å². The SMILES string of the molecule is O=C(NC1(C(=O)O)CCSCC1)c1ccc2ccccc2c1OCc1ccc(SC(F)(F)F)cc1. The molecule has 0 atom stereocenters. The van der Waals surface area contributed by atoms with Crippen LogP contribution in [0.4, 0.5) is 13.2 Å². The molecule has 35 heavy (non-hydrogen) atoms. The van der Waals surface area contributed by atoms with E-state index in [1.54, 1.807) is 36.0 Å². The molecule has 1 aliphatic heterocycles. The van der Waals surface area contributed by atoms with Crippen molar-refractivity contribution in [1.29, 1.82) is 0 Å². The van der Waals surface area contributed by atoms with Gasteiger partial charge in [0.1, 0.15) is 17.9 Å². The van der Waals surface area contributed by atoms with E-state index in [1.165, 1.54) is 24.3 Å². The summed E-state index contributed by atoms with van der Waals surface area (Å²) in [5.74, 6) is -0.0460. The van der Waals surface area contributed by atoms with Gasteiger partial charge in [0, 0.05) is 10.3 Å². The Labute approximate surface area is 208 Å². The van der Waals surface area contributed by atoms with Gasteiger partial charge >= 0.3 is 11.5 Å². The molecule has 0 unspecified atom stereocenters. The number of halogens is 3. The lowest BCUT2D eigenvalue weighted by Crippen LogP contribution is -2.56. The van der Waals surface area contributed by atoms with Crippen molar-refractivity contribution >= 4 is 46.2 Å². The van der Waals surface area contributed by atoms with Crippen LogP contribution in [0.5, 0.6) is 5.75 Å². The van der Waals surface area contributed by atoms with Crippen LogP contribution >= 0.6 is 23.5 Å². The number of amides is 1. The number of nitrogens with one attached hydrogen (secondary N) is 1. The van der Waals surface area contributed by atoms with Gasteiger partial charge in [-0.1, -0.05) is 42.5 Å². The van der Waals surface area contributed by atoms with E-state index in [2.05, 4.69) is 5.32 Å². The third-order valence-corrected chi connectivity index (χ3v) is 7.50. The maximum atomic E-state index is 13.3. The van der Waals surface area contributed by atoms with E-state index in [9.17, 15) is 27.9 Å². The second kappa shape index (κ2) is 10.4. The smallest absolute Gasteiger partial charge is 0.446 e. The molecule has 10 heteroatoms. The highest BCUT2D eigenvalue weighted by atomic mass is 32.2. The van der Waals surface area contributed by atoms with Crippen LogP contribution in [0.3, 0.4) is 0 Å². The predicted molar refractivity (Wildman–Crippen MR) is 131 cm³/mol. The summed E-state index contributed by atoms with van der Waals surface area (Å²) < 4.78 is 43.8. The van der Waals surface area contributed by atoms with Crippen molar-refractivity contribution in [2.75, 3.05) is 11.5 Å². The lowest BCUT2D eigenvalue weighted by Gasteiger charge is -2.33. The molecule has 1 saturated heterocycles. The van der Waals surface area contributed by atoms with Crippen molar-refractivity contribution in [3.05, 3.63) is 71.8 Å². The Balaban J connectivity index is 1.60. The molecule has 0 bridgehead atoms. The van der Waals surface area contributed by atoms with Gasteiger partial charge in [-0.05, 0) is 65.3 Å². The number of fused-ring (bicyclic) bond motifs is 1. The normalized spacial score (nSPS) is 15.5. The van der Waals surface area contributed by atoms with Crippen LogP contribution in [0.25, 0.3) is 10.8 Å². The van der Waals surface area contributed by atoms with Crippen molar-refractivity contribution in [2.45, 2.75) is 35.4 Å². The van der Waals surface area contributed by atoms with Crippen molar-refractivity contribution in [3.8, 4) is 5.75 Å². The minimum atomic E-state index is -4.37. The molecule has 0 saturated carbocycles. The number of hydrogen-bond donors (Lipinski definition) is 2. The fourth-order valence-electron chi connectivity index (χ4n) is 3.92. The monoisotopic (exact) mass is 521 g/mol. The van der Waals surface area contributed by atoms with Crippen molar-refractivity contribution in [3.63, 3.8) is 0 Å². The molecule has 3 aromatic carbocycles. The number of ether oxygens (including phenoxy) is 1. The van der Waals surface area contributed by atoms with E-state index in [0.29, 0.717) is 41.0 Å². The topological polar surface area (TPSA) is 75.6 Å². The highest BCUT2D eigenvalue weighted by Crippen LogP contribution is 2.37. The van der Waals surface area contributed by atoms with Crippen molar-refractivity contribution in [1.82, 2.24) is 5.32 Å². The lowest BCUT2D eigenvalue weighted by atomic mass is 9.91. The van der Waals surface area contributed by atoms with Crippen LogP contribution in [0.15, 0.2) is 65.6 Å². The van der Waals surface area contributed by atoms with Crippen LogP contribution < -0.4 is 10.1 Å². The van der Waals surface area contributed by atoms with Gasteiger partial charge in [-0.15, -0.1) is 0 Å². The van der Waals surface area contributed by atoms with Crippen LogP contribution in [0.1, 0.15) is 28.8 Å². The summed E-state index contributed by atoms with van der Waals surface area (Å²) in [6.45, 7) is 0.0198. The van der Waals surface area contributed by atoms with Gasteiger partial charge in [-0.2, -0.15) is 24.9 Å². The fraction of sp³-hybridized carbons (Fsp3) is 0.280.